The Hall–Kier alpha value is -1.92. The Kier molecular flexibility index (Phi) is 2.33. The molecule has 0 N–H and O–H groups in total. The second-order valence-corrected chi connectivity index (χ2v) is 5.20. The summed E-state index contributed by atoms with van der Waals surface area (Å²) >= 11 is 7.63. The maximum atomic E-state index is 6.06. The number of hydrogen-bond acceptors (Lipinski definition) is 4. The summed E-state index contributed by atoms with van der Waals surface area (Å²) in [5.74, 6) is 1.12. The minimum atomic E-state index is 0.376. The SMILES string of the molecule is ClCc1c(-n2nnc3ccccc32)nc2sccn12. The molecule has 0 spiro atoms. The van der Waals surface area contributed by atoms with Gasteiger partial charge in [-0.1, -0.05) is 17.3 Å². The van der Waals surface area contributed by atoms with Crippen LogP contribution in [-0.2, 0) is 5.88 Å². The number of thiazole rings is 1. The van der Waals surface area contributed by atoms with E-state index >= 15 is 0 Å². The average molecular weight is 290 g/mol. The number of nitrogens with zero attached hydrogens (tertiary/aromatic N) is 5. The summed E-state index contributed by atoms with van der Waals surface area (Å²) in [6, 6.07) is 7.80. The molecule has 0 atom stereocenters. The predicted molar refractivity (Wildman–Crippen MR) is 75.0 cm³/mol. The van der Waals surface area contributed by atoms with Crippen LogP contribution < -0.4 is 0 Å². The molecule has 4 rings (SSSR count). The van der Waals surface area contributed by atoms with Crippen molar-refractivity contribution in [1.29, 1.82) is 0 Å². The third-order valence-corrected chi connectivity index (χ3v) is 4.03. The van der Waals surface area contributed by atoms with Gasteiger partial charge in [0.15, 0.2) is 10.8 Å². The van der Waals surface area contributed by atoms with E-state index in [0.717, 1.165) is 27.5 Å². The van der Waals surface area contributed by atoms with Gasteiger partial charge < -0.3 is 0 Å². The minimum absolute atomic E-state index is 0.376. The maximum absolute atomic E-state index is 6.06. The summed E-state index contributed by atoms with van der Waals surface area (Å²) in [5, 5.41) is 10.3. The standard InChI is InChI=1S/C12H8ClN5S/c13-7-10-11(14-12-17(10)5-6-19-12)18-9-4-2-1-3-8(9)15-16-18/h1-6H,7H2. The van der Waals surface area contributed by atoms with E-state index in [9.17, 15) is 0 Å². The lowest BCUT2D eigenvalue weighted by Crippen LogP contribution is -2.01. The molecule has 0 saturated heterocycles. The fraction of sp³-hybridized carbons (Fsp3) is 0.0833. The Morgan fingerprint density at radius 1 is 1.26 bits per heavy atom. The van der Waals surface area contributed by atoms with E-state index in [2.05, 4.69) is 15.3 Å². The molecule has 0 bridgehead atoms. The molecule has 0 aliphatic rings. The third-order valence-electron chi connectivity index (χ3n) is 3.02. The summed E-state index contributed by atoms with van der Waals surface area (Å²) in [7, 11) is 0. The molecule has 1 aromatic carbocycles. The highest BCUT2D eigenvalue weighted by Gasteiger charge is 2.16. The number of aromatic nitrogens is 5. The second kappa shape index (κ2) is 4.04. The zero-order chi connectivity index (χ0) is 12.8. The maximum Gasteiger partial charge on any atom is 0.196 e. The van der Waals surface area contributed by atoms with E-state index < -0.39 is 0 Å². The van der Waals surface area contributed by atoms with Crippen LogP contribution in [0.5, 0.6) is 0 Å². The molecule has 5 nitrogen and oxygen atoms in total. The van der Waals surface area contributed by atoms with E-state index in [1.807, 2.05) is 40.2 Å². The zero-order valence-electron chi connectivity index (χ0n) is 9.69. The Labute approximate surface area is 117 Å². The number of halogens is 1. The molecule has 3 heterocycles. The highest BCUT2D eigenvalue weighted by Crippen LogP contribution is 2.24. The van der Waals surface area contributed by atoms with Crippen molar-refractivity contribution < 1.29 is 0 Å². The molecule has 0 aliphatic carbocycles. The molecule has 94 valence electrons. The first-order valence-electron chi connectivity index (χ1n) is 5.69. The van der Waals surface area contributed by atoms with Crippen LogP contribution in [-0.4, -0.2) is 24.4 Å². The van der Waals surface area contributed by atoms with Crippen LogP contribution in [0.4, 0.5) is 0 Å². The largest absolute Gasteiger partial charge is 0.291 e. The van der Waals surface area contributed by atoms with E-state index in [1.54, 1.807) is 16.0 Å². The van der Waals surface area contributed by atoms with Gasteiger partial charge in [-0.2, -0.15) is 9.67 Å². The van der Waals surface area contributed by atoms with Crippen molar-refractivity contribution in [2.75, 3.05) is 0 Å². The number of imidazole rings is 1. The van der Waals surface area contributed by atoms with Gasteiger partial charge in [-0.05, 0) is 12.1 Å². The van der Waals surface area contributed by atoms with Gasteiger partial charge in [0.2, 0.25) is 0 Å². The van der Waals surface area contributed by atoms with Crippen molar-refractivity contribution in [2.24, 2.45) is 0 Å². The van der Waals surface area contributed by atoms with Crippen molar-refractivity contribution in [2.45, 2.75) is 5.88 Å². The molecular formula is C12H8ClN5S. The van der Waals surface area contributed by atoms with Crippen molar-refractivity contribution in [3.63, 3.8) is 0 Å². The van der Waals surface area contributed by atoms with Gasteiger partial charge in [0.25, 0.3) is 0 Å². The summed E-state index contributed by atoms with van der Waals surface area (Å²) in [6.45, 7) is 0. The lowest BCUT2D eigenvalue weighted by Gasteiger charge is -2.00. The molecule has 0 amide bonds. The predicted octanol–water partition coefficient (Wildman–Crippen LogP) is 2.87. The van der Waals surface area contributed by atoms with Crippen LogP contribution in [0.1, 0.15) is 5.69 Å². The minimum Gasteiger partial charge on any atom is -0.291 e. The first-order chi connectivity index (χ1) is 9.38. The molecule has 0 unspecified atom stereocenters. The van der Waals surface area contributed by atoms with Crippen molar-refractivity contribution in [3.05, 3.63) is 41.5 Å². The van der Waals surface area contributed by atoms with Gasteiger partial charge in [0.1, 0.15) is 5.52 Å². The van der Waals surface area contributed by atoms with Crippen LogP contribution in [0.25, 0.3) is 21.8 Å². The number of hydrogen-bond donors (Lipinski definition) is 0. The fourth-order valence-corrected chi connectivity index (χ4v) is 3.12. The van der Waals surface area contributed by atoms with E-state index in [0.29, 0.717) is 5.88 Å². The van der Waals surface area contributed by atoms with Crippen LogP contribution >= 0.6 is 22.9 Å². The van der Waals surface area contributed by atoms with Crippen LogP contribution in [0, 0.1) is 0 Å². The Balaban J connectivity index is 2.06. The molecule has 3 aromatic heterocycles. The van der Waals surface area contributed by atoms with Crippen molar-refractivity contribution in [3.8, 4) is 5.82 Å². The first-order valence-corrected chi connectivity index (χ1v) is 7.11. The summed E-state index contributed by atoms with van der Waals surface area (Å²) < 4.78 is 3.73. The van der Waals surface area contributed by atoms with Crippen LogP contribution in [0.2, 0.25) is 0 Å². The number of benzene rings is 1. The van der Waals surface area contributed by atoms with Crippen LogP contribution in [0.15, 0.2) is 35.8 Å². The third kappa shape index (κ3) is 1.50. The fourth-order valence-electron chi connectivity index (χ4n) is 2.14. The summed E-state index contributed by atoms with van der Waals surface area (Å²) in [6.07, 6.45) is 1.97. The highest BCUT2D eigenvalue weighted by atomic mass is 35.5. The smallest absolute Gasteiger partial charge is 0.196 e. The Bertz CT molecular complexity index is 875. The molecule has 19 heavy (non-hydrogen) atoms. The topological polar surface area (TPSA) is 48.0 Å². The van der Waals surface area contributed by atoms with Crippen molar-refractivity contribution in [1.82, 2.24) is 24.4 Å². The molecule has 4 aromatic rings. The monoisotopic (exact) mass is 289 g/mol. The lowest BCUT2D eigenvalue weighted by molar-refractivity contribution is 0.799. The molecule has 0 radical (unpaired) electrons. The van der Waals surface area contributed by atoms with Gasteiger partial charge in [0.05, 0.1) is 17.1 Å². The zero-order valence-corrected chi connectivity index (χ0v) is 11.3. The first kappa shape index (κ1) is 11.0. The molecule has 0 fully saturated rings. The summed E-state index contributed by atoms with van der Waals surface area (Å²) in [5.41, 5.74) is 2.70. The van der Waals surface area contributed by atoms with Crippen molar-refractivity contribution >= 4 is 38.9 Å². The quantitative estimate of drug-likeness (QED) is 0.533. The van der Waals surface area contributed by atoms with Gasteiger partial charge in [-0.25, -0.2) is 0 Å². The number of para-hydroxylation sites is 1. The molecule has 0 saturated carbocycles. The summed E-state index contributed by atoms with van der Waals surface area (Å²) in [4.78, 5) is 5.50. The van der Waals surface area contributed by atoms with Gasteiger partial charge in [-0.15, -0.1) is 28.0 Å². The Morgan fingerprint density at radius 2 is 2.16 bits per heavy atom. The van der Waals surface area contributed by atoms with E-state index in [-0.39, 0.29) is 0 Å². The Morgan fingerprint density at radius 3 is 3.05 bits per heavy atom. The average Bonchev–Trinajstić information content (AvgIpc) is 3.11. The van der Waals surface area contributed by atoms with Gasteiger partial charge in [-0.3, -0.25) is 4.40 Å². The van der Waals surface area contributed by atoms with Crippen LogP contribution in [0.3, 0.4) is 0 Å². The van der Waals surface area contributed by atoms with E-state index in [4.69, 9.17) is 11.6 Å². The second-order valence-electron chi connectivity index (χ2n) is 4.06. The molecule has 7 heteroatoms. The van der Waals surface area contributed by atoms with Gasteiger partial charge in [0, 0.05) is 11.6 Å². The number of alkyl halides is 1. The molecule has 0 aliphatic heterocycles. The normalized spacial score (nSPS) is 11.6. The number of fused-ring (bicyclic) bond motifs is 2. The lowest BCUT2D eigenvalue weighted by atomic mass is 10.3. The highest BCUT2D eigenvalue weighted by molar-refractivity contribution is 7.15. The molecular weight excluding hydrogens is 282 g/mol. The van der Waals surface area contributed by atoms with Gasteiger partial charge >= 0.3 is 0 Å². The van der Waals surface area contributed by atoms with E-state index in [1.165, 1.54) is 0 Å². The number of rotatable bonds is 2.